The zero-order valence-corrected chi connectivity index (χ0v) is 37.6. The number of cyclic esters (lactones) is 1. The molecular weight excluding hydrogens is 751 g/mol. The summed E-state index contributed by atoms with van der Waals surface area (Å²) in [7, 11) is 0. The molecule has 61 heavy (non-hydrogen) atoms. The van der Waals surface area contributed by atoms with Gasteiger partial charge in [0.05, 0.1) is 5.56 Å². The molecule has 0 spiro atoms. The molecule has 1 N–H and O–H groups in total. The number of benzene rings is 6. The monoisotopic (exact) mass is 809 g/mol. The van der Waals surface area contributed by atoms with Crippen LogP contribution in [-0.2, 0) is 4.74 Å². The molecule has 0 saturated carbocycles. The highest BCUT2D eigenvalue weighted by atomic mass is 16.6. The number of carbonyl (C=O) groups is 1. The van der Waals surface area contributed by atoms with Crippen LogP contribution in [-0.4, -0.2) is 11.1 Å². The third-order valence-electron chi connectivity index (χ3n) is 13.8. The van der Waals surface area contributed by atoms with Gasteiger partial charge < -0.3 is 19.5 Å². The van der Waals surface area contributed by atoms with Gasteiger partial charge in [-0.25, -0.2) is 4.79 Å². The second kappa shape index (κ2) is 13.6. The van der Waals surface area contributed by atoms with E-state index in [-0.39, 0.29) is 21.7 Å². The van der Waals surface area contributed by atoms with Crippen molar-refractivity contribution in [1.29, 1.82) is 0 Å². The minimum atomic E-state index is -1.28. The predicted molar refractivity (Wildman–Crippen MR) is 253 cm³/mol. The number of rotatable bonds is 7. The van der Waals surface area contributed by atoms with E-state index >= 15 is 0 Å². The van der Waals surface area contributed by atoms with Gasteiger partial charge in [-0.2, -0.15) is 0 Å². The predicted octanol–water partition coefficient (Wildman–Crippen LogP) is 15.6. The van der Waals surface area contributed by atoms with Gasteiger partial charge in [-0.15, -0.1) is 0 Å². The van der Waals surface area contributed by atoms with Crippen LogP contribution in [0.15, 0.2) is 114 Å². The van der Waals surface area contributed by atoms with Gasteiger partial charge in [-0.1, -0.05) is 123 Å². The maximum absolute atomic E-state index is 12.9. The van der Waals surface area contributed by atoms with Gasteiger partial charge in [0.2, 0.25) is 6.29 Å². The fourth-order valence-electron chi connectivity index (χ4n) is 12.0. The fraction of sp³-hybridized carbons (Fsp3) is 0.375. The lowest BCUT2D eigenvalue weighted by atomic mass is 9.69. The molecule has 5 heteroatoms. The molecule has 0 fully saturated rings. The fourth-order valence-corrected chi connectivity index (χ4v) is 12.0. The van der Waals surface area contributed by atoms with Crippen molar-refractivity contribution in [2.75, 3.05) is 4.90 Å². The van der Waals surface area contributed by atoms with Crippen LogP contribution in [0, 0.1) is 21.7 Å². The van der Waals surface area contributed by atoms with Crippen molar-refractivity contribution in [1.82, 2.24) is 0 Å². The average molecular weight is 810 g/mol. The number of allylic oxidation sites excluding steroid dienone is 8. The summed E-state index contributed by atoms with van der Waals surface area (Å²) in [6.07, 6.45) is 14.7. The van der Waals surface area contributed by atoms with E-state index in [4.69, 9.17) is 9.47 Å². The summed E-state index contributed by atoms with van der Waals surface area (Å²) in [5.41, 5.74) is 10.9. The number of ether oxygens (including phenoxy) is 2. The average Bonchev–Trinajstić information content (AvgIpc) is 3.18. The number of carbonyl (C=O) groups excluding carboxylic acids is 1. The Labute approximate surface area is 360 Å². The second-order valence-electron chi connectivity index (χ2n) is 22.0. The summed E-state index contributed by atoms with van der Waals surface area (Å²) in [5.74, 6) is 1.21. The van der Waals surface area contributed by atoms with Crippen molar-refractivity contribution in [2.24, 2.45) is 21.7 Å². The standard InChI is InChI=1S/C56H59NO4/c1-53(2,3)30-55(7,8)32-11-15-34(16-12-32)57(35-17-13-33(14-18-35)56(9,10)31-54(4,5)6)36-19-20-37-38-21-22-41-39-23-25-43-49-44(52(59)61-51(43)58)26-24-40(47(39)49)42-27-28-45(50(38)48(41)42)60-46(37)29-36/h11,13,15,17,19-29,51,58H,12,14,16,18,30-31H2,1-10H3. The second-order valence-corrected chi connectivity index (χ2v) is 22.0. The number of nitrogens with zero attached hydrogens (tertiary/aromatic N) is 1. The van der Waals surface area contributed by atoms with Gasteiger partial charge in [0.25, 0.3) is 0 Å². The van der Waals surface area contributed by atoms with E-state index in [0.717, 1.165) is 110 Å². The summed E-state index contributed by atoms with van der Waals surface area (Å²) in [5, 5.41) is 19.0. The Bertz CT molecular complexity index is 2890. The number of aliphatic hydroxyl groups excluding tert-OH is 1. The quantitative estimate of drug-likeness (QED) is 0.0987. The van der Waals surface area contributed by atoms with E-state index in [1.165, 1.54) is 22.5 Å². The molecule has 1 unspecified atom stereocenters. The van der Waals surface area contributed by atoms with Crippen LogP contribution in [0.25, 0.3) is 54.2 Å². The van der Waals surface area contributed by atoms with Crippen molar-refractivity contribution in [3.8, 4) is 22.6 Å². The molecule has 0 saturated heterocycles. The highest BCUT2D eigenvalue weighted by molar-refractivity contribution is 6.36. The molecule has 0 radical (unpaired) electrons. The molecule has 1 atom stereocenters. The highest BCUT2D eigenvalue weighted by Crippen LogP contribution is 2.54. The van der Waals surface area contributed by atoms with Crippen molar-refractivity contribution in [3.05, 3.63) is 125 Å². The van der Waals surface area contributed by atoms with Crippen LogP contribution in [0.5, 0.6) is 11.5 Å². The van der Waals surface area contributed by atoms with E-state index in [1.807, 2.05) is 18.2 Å². The van der Waals surface area contributed by atoms with Gasteiger partial charge >= 0.3 is 5.97 Å². The van der Waals surface area contributed by atoms with Crippen LogP contribution in [0.4, 0.5) is 5.69 Å². The molecular formula is C56H59NO4. The van der Waals surface area contributed by atoms with Crippen LogP contribution in [0.3, 0.4) is 0 Å². The lowest BCUT2D eigenvalue weighted by Gasteiger charge is -2.39. The maximum Gasteiger partial charge on any atom is 0.341 e. The van der Waals surface area contributed by atoms with Gasteiger partial charge in [0.15, 0.2) is 0 Å². The lowest BCUT2D eigenvalue weighted by molar-refractivity contribution is -0.0686. The van der Waals surface area contributed by atoms with Gasteiger partial charge in [0, 0.05) is 50.4 Å². The molecule has 5 nitrogen and oxygen atoms in total. The zero-order valence-electron chi connectivity index (χ0n) is 37.6. The Morgan fingerprint density at radius 1 is 0.557 bits per heavy atom. The smallest absolute Gasteiger partial charge is 0.341 e. The minimum absolute atomic E-state index is 0.130. The summed E-state index contributed by atoms with van der Waals surface area (Å²) in [6.45, 7) is 23.8. The van der Waals surface area contributed by atoms with E-state index in [1.54, 1.807) is 0 Å². The number of fused-ring (bicyclic) bond motifs is 4. The van der Waals surface area contributed by atoms with Crippen LogP contribution in [0.2, 0.25) is 0 Å². The maximum atomic E-state index is 12.9. The molecule has 6 aromatic rings. The first-order chi connectivity index (χ1) is 28.8. The van der Waals surface area contributed by atoms with Crippen LogP contribution < -0.4 is 9.64 Å². The molecule has 0 amide bonds. The molecule has 2 aliphatic carbocycles. The molecule has 0 aromatic heterocycles. The first-order valence-electron chi connectivity index (χ1n) is 22.3. The molecule has 10 rings (SSSR count). The van der Waals surface area contributed by atoms with E-state index in [0.29, 0.717) is 11.1 Å². The number of anilines is 1. The molecule has 2 aliphatic heterocycles. The Hall–Kier alpha value is -5.39. The number of aliphatic hydroxyl groups is 1. The molecule has 6 aromatic carbocycles. The highest BCUT2D eigenvalue weighted by Gasteiger charge is 2.35. The van der Waals surface area contributed by atoms with E-state index in [9.17, 15) is 9.90 Å². The van der Waals surface area contributed by atoms with E-state index < -0.39 is 12.3 Å². The Kier molecular flexibility index (Phi) is 8.83. The van der Waals surface area contributed by atoms with Crippen molar-refractivity contribution >= 4 is 54.7 Å². The Morgan fingerprint density at radius 3 is 1.61 bits per heavy atom. The minimum Gasteiger partial charge on any atom is -0.456 e. The molecule has 312 valence electrons. The first kappa shape index (κ1) is 39.7. The van der Waals surface area contributed by atoms with Crippen molar-refractivity contribution in [3.63, 3.8) is 0 Å². The lowest BCUT2D eigenvalue weighted by Crippen LogP contribution is -2.28. The normalized spacial score (nSPS) is 18.1. The van der Waals surface area contributed by atoms with Gasteiger partial charge in [-0.05, 0) is 135 Å². The first-order valence-corrected chi connectivity index (χ1v) is 22.3. The topological polar surface area (TPSA) is 59.0 Å². The zero-order chi connectivity index (χ0) is 43.0. The van der Waals surface area contributed by atoms with Crippen LogP contribution >= 0.6 is 0 Å². The largest absolute Gasteiger partial charge is 0.456 e. The van der Waals surface area contributed by atoms with Gasteiger partial charge in [0.1, 0.15) is 11.5 Å². The molecule has 4 aliphatic rings. The number of hydrogen-bond donors (Lipinski definition) is 1. The number of esters is 1. The summed E-state index contributed by atoms with van der Waals surface area (Å²) >= 11 is 0. The number of hydrogen-bond acceptors (Lipinski definition) is 5. The Balaban J connectivity index is 1.09. The van der Waals surface area contributed by atoms with Crippen molar-refractivity contribution in [2.45, 2.75) is 114 Å². The molecule has 0 bridgehead atoms. The van der Waals surface area contributed by atoms with Crippen LogP contribution in [0.1, 0.15) is 130 Å². The summed E-state index contributed by atoms with van der Waals surface area (Å²) < 4.78 is 12.3. The third-order valence-corrected chi connectivity index (χ3v) is 13.8. The molecule has 2 heterocycles. The summed E-state index contributed by atoms with van der Waals surface area (Å²) in [4.78, 5) is 15.4. The van der Waals surface area contributed by atoms with Crippen molar-refractivity contribution < 1.29 is 19.4 Å². The van der Waals surface area contributed by atoms with Gasteiger partial charge in [-0.3, -0.25) is 0 Å². The third kappa shape index (κ3) is 6.58. The SMILES string of the molecule is CC(C)(C)CC(C)(C)C1=CC=C(N(C2=CC=C(C(C)(C)CC(C)(C)C)CC2)c2ccc3c(c2)Oc2ccc4c5ccc6c7c(ccc(c8ccc-3c2c48)c75)C(O)OC6=O)CC1. The summed E-state index contributed by atoms with van der Waals surface area (Å²) in [6, 6.07) is 23.4. The van der Waals surface area contributed by atoms with E-state index in [2.05, 4.69) is 147 Å². The Morgan fingerprint density at radius 2 is 1.07 bits per heavy atom.